The van der Waals surface area contributed by atoms with E-state index in [0.717, 1.165) is 5.56 Å². The lowest BCUT2D eigenvalue weighted by molar-refractivity contribution is -0.148. The van der Waals surface area contributed by atoms with Crippen molar-refractivity contribution in [1.82, 2.24) is 4.98 Å². The minimum atomic E-state index is -1.04. The molecule has 8 heteroatoms. The smallest absolute Gasteiger partial charge is 0.331 e. The lowest BCUT2D eigenvalue weighted by atomic mass is 10.2. The summed E-state index contributed by atoms with van der Waals surface area (Å²) in [5, 5.41) is 3.00. The molecule has 0 aliphatic carbocycles. The van der Waals surface area contributed by atoms with Gasteiger partial charge in [0.15, 0.2) is 11.9 Å². The number of benzene rings is 1. The summed E-state index contributed by atoms with van der Waals surface area (Å²) >= 11 is 11.7. The van der Waals surface area contributed by atoms with Crippen molar-refractivity contribution in [1.29, 1.82) is 0 Å². The highest BCUT2D eigenvalue weighted by molar-refractivity contribution is 6.36. The third-order valence-electron chi connectivity index (χ3n) is 3.37. The Kier molecular flexibility index (Phi) is 8.04. The Morgan fingerprint density at radius 1 is 1.29 bits per heavy atom. The number of esters is 1. The standard InChI is InChI=1S/C20H18Cl2N2O4/c1-3-10-27-16-7-4-14(5-8-16)6-9-18(25)28-13(2)20(26)24-19-17(22)11-15(21)12-23-19/h3-9,11-13H,1,10H2,2H3,(H,23,24,26)/b9-6+. The zero-order valence-corrected chi connectivity index (χ0v) is 16.5. The molecular formula is C20H18Cl2N2O4. The number of rotatable bonds is 8. The number of halogens is 2. The number of nitrogens with one attached hydrogen (secondary N) is 1. The van der Waals surface area contributed by atoms with E-state index in [0.29, 0.717) is 17.4 Å². The minimum absolute atomic E-state index is 0.133. The summed E-state index contributed by atoms with van der Waals surface area (Å²) in [6.07, 6.45) is 4.76. The fraction of sp³-hybridized carbons (Fsp3) is 0.150. The quantitative estimate of drug-likeness (QED) is 0.385. The zero-order chi connectivity index (χ0) is 20.5. The highest BCUT2D eigenvalue weighted by Crippen LogP contribution is 2.22. The van der Waals surface area contributed by atoms with Crippen LogP contribution in [0.1, 0.15) is 12.5 Å². The molecule has 0 saturated heterocycles. The summed E-state index contributed by atoms with van der Waals surface area (Å²) in [5.74, 6) is -0.403. The van der Waals surface area contributed by atoms with Crippen LogP contribution < -0.4 is 10.1 Å². The van der Waals surface area contributed by atoms with Crippen LogP contribution >= 0.6 is 23.2 Å². The van der Waals surface area contributed by atoms with Crippen molar-refractivity contribution in [3.63, 3.8) is 0 Å². The second-order valence-corrected chi connectivity index (χ2v) is 6.40. The predicted molar refractivity (Wildman–Crippen MR) is 110 cm³/mol. The molecule has 6 nitrogen and oxygen atoms in total. The van der Waals surface area contributed by atoms with Gasteiger partial charge in [-0.1, -0.05) is 48.0 Å². The van der Waals surface area contributed by atoms with Crippen molar-refractivity contribution < 1.29 is 19.1 Å². The fourth-order valence-electron chi connectivity index (χ4n) is 1.99. The molecule has 1 N–H and O–H groups in total. The molecule has 1 aromatic heterocycles. The van der Waals surface area contributed by atoms with E-state index < -0.39 is 18.0 Å². The first-order valence-electron chi connectivity index (χ1n) is 8.23. The van der Waals surface area contributed by atoms with Crippen LogP contribution in [0, 0.1) is 0 Å². The van der Waals surface area contributed by atoms with Crippen LogP contribution in [-0.4, -0.2) is 29.6 Å². The van der Waals surface area contributed by atoms with E-state index >= 15 is 0 Å². The summed E-state index contributed by atoms with van der Waals surface area (Å²) in [7, 11) is 0. The van der Waals surface area contributed by atoms with Crippen LogP contribution in [0.2, 0.25) is 10.0 Å². The lowest BCUT2D eigenvalue weighted by Gasteiger charge is -2.12. The number of hydrogen-bond donors (Lipinski definition) is 1. The number of ether oxygens (including phenoxy) is 2. The Bertz CT molecular complexity index is 882. The SMILES string of the molecule is C=CCOc1ccc(/C=C/C(=O)OC(C)C(=O)Nc2ncc(Cl)cc2Cl)cc1. The summed E-state index contributed by atoms with van der Waals surface area (Å²) in [4.78, 5) is 28.0. The molecule has 0 fully saturated rings. The third-order valence-corrected chi connectivity index (χ3v) is 3.87. The molecule has 0 bridgehead atoms. The lowest BCUT2D eigenvalue weighted by Crippen LogP contribution is -2.29. The van der Waals surface area contributed by atoms with Gasteiger partial charge in [0.25, 0.3) is 5.91 Å². The molecule has 28 heavy (non-hydrogen) atoms. The number of nitrogens with zero attached hydrogens (tertiary/aromatic N) is 1. The Morgan fingerprint density at radius 3 is 2.64 bits per heavy atom. The predicted octanol–water partition coefficient (Wildman–Crippen LogP) is 4.54. The second-order valence-electron chi connectivity index (χ2n) is 5.55. The van der Waals surface area contributed by atoms with E-state index in [2.05, 4.69) is 16.9 Å². The largest absolute Gasteiger partial charge is 0.490 e. The van der Waals surface area contributed by atoms with E-state index in [1.165, 1.54) is 25.3 Å². The number of carbonyl (C=O) groups excluding carboxylic acids is 2. The molecule has 2 aromatic rings. The highest BCUT2D eigenvalue weighted by Gasteiger charge is 2.18. The summed E-state index contributed by atoms with van der Waals surface area (Å²) in [6, 6.07) is 8.55. The van der Waals surface area contributed by atoms with Gasteiger partial charge in [0.1, 0.15) is 12.4 Å². The maximum Gasteiger partial charge on any atom is 0.331 e. The van der Waals surface area contributed by atoms with Crippen molar-refractivity contribution in [3.8, 4) is 5.75 Å². The second kappa shape index (κ2) is 10.5. The molecule has 0 aliphatic rings. The normalized spacial score (nSPS) is 11.7. The van der Waals surface area contributed by atoms with Crippen molar-refractivity contribution in [2.24, 2.45) is 0 Å². The van der Waals surface area contributed by atoms with Gasteiger partial charge in [0.2, 0.25) is 0 Å². The van der Waals surface area contributed by atoms with Crippen molar-refractivity contribution in [2.45, 2.75) is 13.0 Å². The number of aromatic nitrogens is 1. The third kappa shape index (κ3) is 6.72. The first kappa shape index (κ1) is 21.5. The van der Waals surface area contributed by atoms with Crippen molar-refractivity contribution in [2.75, 3.05) is 11.9 Å². The summed E-state index contributed by atoms with van der Waals surface area (Å²) in [6.45, 7) is 5.43. The van der Waals surface area contributed by atoms with Gasteiger partial charge < -0.3 is 14.8 Å². The van der Waals surface area contributed by atoms with Gasteiger partial charge in [-0.3, -0.25) is 4.79 Å². The Morgan fingerprint density at radius 2 is 2.00 bits per heavy atom. The van der Waals surface area contributed by atoms with E-state index in [4.69, 9.17) is 32.7 Å². The average molecular weight is 421 g/mol. The van der Waals surface area contributed by atoms with Gasteiger partial charge in [-0.25, -0.2) is 9.78 Å². The van der Waals surface area contributed by atoms with E-state index in [1.54, 1.807) is 36.4 Å². The number of pyridine rings is 1. The molecule has 1 unspecified atom stereocenters. The molecule has 146 valence electrons. The molecule has 1 atom stereocenters. The monoisotopic (exact) mass is 420 g/mol. The van der Waals surface area contributed by atoms with Gasteiger partial charge in [0.05, 0.1) is 10.0 Å². The Balaban J connectivity index is 1.87. The maximum absolute atomic E-state index is 12.1. The zero-order valence-electron chi connectivity index (χ0n) is 15.0. The Hall–Kier alpha value is -2.83. The summed E-state index contributed by atoms with van der Waals surface area (Å²) in [5.41, 5.74) is 0.775. The van der Waals surface area contributed by atoms with Gasteiger partial charge in [0, 0.05) is 12.3 Å². The minimum Gasteiger partial charge on any atom is -0.490 e. The molecule has 0 aliphatic heterocycles. The molecular weight excluding hydrogens is 403 g/mol. The average Bonchev–Trinajstić information content (AvgIpc) is 2.67. The molecule has 2 rings (SSSR count). The molecule has 0 radical (unpaired) electrons. The molecule has 1 amide bonds. The summed E-state index contributed by atoms with van der Waals surface area (Å²) < 4.78 is 10.5. The van der Waals surface area contributed by atoms with Gasteiger partial charge in [-0.15, -0.1) is 0 Å². The highest BCUT2D eigenvalue weighted by atomic mass is 35.5. The maximum atomic E-state index is 12.1. The van der Waals surface area contributed by atoms with Crippen LogP contribution in [0.3, 0.4) is 0 Å². The van der Waals surface area contributed by atoms with E-state index in [9.17, 15) is 9.59 Å². The molecule has 0 saturated carbocycles. The van der Waals surface area contributed by atoms with Crippen LogP contribution in [-0.2, 0) is 14.3 Å². The first-order chi connectivity index (χ1) is 13.4. The molecule has 1 heterocycles. The number of amides is 1. The van der Waals surface area contributed by atoms with E-state index in [-0.39, 0.29) is 10.8 Å². The van der Waals surface area contributed by atoms with Crippen LogP contribution in [0.4, 0.5) is 5.82 Å². The molecule has 0 spiro atoms. The van der Waals surface area contributed by atoms with Crippen molar-refractivity contribution >= 4 is 47.0 Å². The number of hydrogen-bond acceptors (Lipinski definition) is 5. The number of anilines is 1. The molecule has 1 aromatic carbocycles. The van der Waals surface area contributed by atoms with E-state index in [1.807, 2.05) is 0 Å². The van der Waals surface area contributed by atoms with Gasteiger partial charge in [-0.2, -0.15) is 0 Å². The van der Waals surface area contributed by atoms with Crippen LogP contribution in [0.5, 0.6) is 5.75 Å². The van der Waals surface area contributed by atoms with Crippen LogP contribution in [0.25, 0.3) is 6.08 Å². The fourth-order valence-corrected chi connectivity index (χ4v) is 2.41. The van der Waals surface area contributed by atoms with Crippen LogP contribution in [0.15, 0.2) is 55.3 Å². The van der Waals surface area contributed by atoms with Crippen molar-refractivity contribution in [3.05, 3.63) is 70.9 Å². The first-order valence-corrected chi connectivity index (χ1v) is 8.99. The topological polar surface area (TPSA) is 77.5 Å². The number of carbonyl (C=O) groups is 2. The Labute approximate surface area is 172 Å². The van der Waals surface area contributed by atoms with Gasteiger partial charge in [-0.05, 0) is 36.8 Å². The van der Waals surface area contributed by atoms with Gasteiger partial charge >= 0.3 is 5.97 Å².